The van der Waals surface area contributed by atoms with Crippen LogP contribution in [0.5, 0.6) is 5.75 Å². The van der Waals surface area contributed by atoms with E-state index >= 15 is 0 Å². The lowest BCUT2D eigenvalue weighted by Crippen LogP contribution is -2.33. The Morgan fingerprint density at radius 1 is 1.45 bits per heavy atom. The first kappa shape index (κ1) is 15.1. The van der Waals surface area contributed by atoms with Crippen LogP contribution in [-0.2, 0) is 11.3 Å². The molecule has 3 heteroatoms. The van der Waals surface area contributed by atoms with Gasteiger partial charge in [0, 0.05) is 31.8 Å². The Hall–Kier alpha value is -1.32. The fourth-order valence-electron chi connectivity index (χ4n) is 2.78. The number of rotatable bonds is 7. The molecule has 110 valence electrons. The lowest BCUT2D eigenvalue weighted by atomic mass is 10.0. The second kappa shape index (κ2) is 8.08. The second-order valence-electron chi connectivity index (χ2n) is 5.38. The summed E-state index contributed by atoms with van der Waals surface area (Å²) in [6, 6.07) is 8.22. The smallest absolute Gasteiger partial charge is 0.123 e. The van der Waals surface area contributed by atoms with Crippen LogP contribution in [0.1, 0.15) is 18.4 Å². The van der Waals surface area contributed by atoms with Crippen LogP contribution in [-0.4, -0.2) is 38.3 Å². The van der Waals surface area contributed by atoms with Crippen LogP contribution >= 0.6 is 0 Å². The highest BCUT2D eigenvalue weighted by Gasteiger charge is 2.18. The van der Waals surface area contributed by atoms with E-state index in [1.807, 2.05) is 18.2 Å². The topological polar surface area (TPSA) is 21.7 Å². The highest BCUT2D eigenvalue weighted by molar-refractivity contribution is 5.33. The summed E-state index contributed by atoms with van der Waals surface area (Å²) in [5, 5.41) is 0. The van der Waals surface area contributed by atoms with E-state index in [1.165, 1.54) is 18.4 Å². The molecule has 0 aromatic heterocycles. The van der Waals surface area contributed by atoms with Gasteiger partial charge in [-0.3, -0.25) is 4.90 Å². The highest BCUT2D eigenvalue weighted by atomic mass is 16.5. The first-order valence-electron chi connectivity index (χ1n) is 7.36. The van der Waals surface area contributed by atoms with Crippen LogP contribution in [0.4, 0.5) is 0 Å². The molecule has 0 bridgehead atoms. The zero-order valence-electron chi connectivity index (χ0n) is 12.4. The van der Waals surface area contributed by atoms with Gasteiger partial charge in [-0.2, -0.15) is 0 Å². The SMILES string of the molecule is C=CCN(Cc1ccccc1OC)CC1CCCOC1. The number of benzene rings is 1. The average molecular weight is 275 g/mol. The third-order valence-corrected chi connectivity index (χ3v) is 3.74. The minimum absolute atomic E-state index is 0.637. The van der Waals surface area contributed by atoms with Crippen LogP contribution in [0, 0.1) is 5.92 Å². The Bertz CT molecular complexity index is 413. The van der Waals surface area contributed by atoms with Crippen LogP contribution in [0.25, 0.3) is 0 Å². The van der Waals surface area contributed by atoms with Gasteiger partial charge >= 0.3 is 0 Å². The molecule has 1 fully saturated rings. The van der Waals surface area contributed by atoms with E-state index in [0.29, 0.717) is 5.92 Å². The van der Waals surface area contributed by atoms with Gasteiger partial charge in [0.2, 0.25) is 0 Å². The summed E-state index contributed by atoms with van der Waals surface area (Å²) in [6.07, 6.45) is 4.42. The molecular formula is C17H25NO2. The molecule has 1 saturated heterocycles. The lowest BCUT2D eigenvalue weighted by Gasteiger charge is -2.29. The normalized spacial score (nSPS) is 19.0. The number of methoxy groups -OCH3 is 1. The Morgan fingerprint density at radius 3 is 3.00 bits per heavy atom. The molecule has 0 radical (unpaired) electrons. The van der Waals surface area contributed by atoms with E-state index < -0.39 is 0 Å². The monoisotopic (exact) mass is 275 g/mol. The summed E-state index contributed by atoms with van der Waals surface area (Å²) < 4.78 is 11.0. The third kappa shape index (κ3) is 4.36. The van der Waals surface area contributed by atoms with Gasteiger partial charge in [0.25, 0.3) is 0 Å². The van der Waals surface area contributed by atoms with E-state index in [0.717, 1.165) is 38.6 Å². The Kier molecular flexibility index (Phi) is 6.09. The van der Waals surface area contributed by atoms with Crippen LogP contribution in [0.15, 0.2) is 36.9 Å². The fourth-order valence-corrected chi connectivity index (χ4v) is 2.78. The van der Waals surface area contributed by atoms with Gasteiger partial charge in [-0.1, -0.05) is 24.3 Å². The molecule has 1 aliphatic heterocycles. The minimum atomic E-state index is 0.637. The lowest BCUT2D eigenvalue weighted by molar-refractivity contribution is 0.0389. The van der Waals surface area contributed by atoms with E-state index in [2.05, 4.69) is 23.6 Å². The molecule has 1 unspecified atom stereocenters. The predicted octanol–water partition coefficient (Wildman–Crippen LogP) is 3.11. The highest BCUT2D eigenvalue weighted by Crippen LogP contribution is 2.21. The predicted molar refractivity (Wildman–Crippen MR) is 82.0 cm³/mol. The van der Waals surface area contributed by atoms with Crippen LogP contribution in [0.2, 0.25) is 0 Å². The van der Waals surface area contributed by atoms with Gasteiger partial charge in [-0.25, -0.2) is 0 Å². The van der Waals surface area contributed by atoms with E-state index in [4.69, 9.17) is 9.47 Å². The van der Waals surface area contributed by atoms with Crippen molar-refractivity contribution in [1.29, 1.82) is 0 Å². The maximum atomic E-state index is 5.58. The van der Waals surface area contributed by atoms with E-state index in [1.54, 1.807) is 7.11 Å². The molecule has 1 atom stereocenters. The van der Waals surface area contributed by atoms with Crippen molar-refractivity contribution in [2.24, 2.45) is 5.92 Å². The Labute approximate surface area is 122 Å². The summed E-state index contributed by atoms with van der Waals surface area (Å²) in [5.74, 6) is 1.60. The van der Waals surface area contributed by atoms with Crippen LogP contribution < -0.4 is 4.74 Å². The van der Waals surface area contributed by atoms with Crippen LogP contribution in [0.3, 0.4) is 0 Å². The Balaban J connectivity index is 1.98. The van der Waals surface area contributed by atoms with Crippen molar-refractivity contribution in [1.82, 2.24) is 4.90 Å². The van der Waals surface area contributed by atoms with Gasteiger partial charge in [0.1, 0.15) is 5.75 Å². The zero-order chi connectivity index (χ0) is 14.2. The fraction of sp³-hybridized carbons (Fsp3) is 0.529. The molecule has 3 nitrogen and oxygen atoms in total. The maximum Gasteiger partial charge on any atom is 0.123 e. The van der Waals surface area contributed by atoms with Crippen molar-refractivity contribution >= 4 is 0 Å². The third-order valence-electron chi connectivity index (χ3n) is 3.74. The summed E-state index contributed by atoms with van der Waals surface area (Å²) in [6.45, 7) is 8.54. The number of para-hydroxylation sites is 1. The molecule has 1 aromatic carbocycles. The van der Waals surface area contributed by atoms with Gasteiger partial charge < -0.3 is 9.47 Å². The van der Waals surface area contributed by atoms with Crippen molar-refractivity contribution in [3.05, 3.63) is 42.5 Å². The molecule has 0 aliphatic carbocycles. The van der Waals surface area contributed by atoms with E-state index in [9.17, 15) is 0 Å². The number of hydrogen-bond acceptors (Lipinski definition) is 3. The second-order valence-corrected chi connectivity index (χ2v) is 5.38. The molecule has 0 N–H and O–H groups in total. The molecule has 2 rings (SSSR count). The van der Waals surface area contributed by atoms with Gasteiger partial charge in [-0.05, 0) is 24.8 Å². The van der Waals surface area contributed by atoms with Gasteiger partial charge in [0.15, 0.2) is 0 Å². The van der Waals surface area contributed by atoms with Gasteiger partial charge in [-0.15, -0.1) is 6.58 Å². The number of nitrogens with zero attached hydrogens (tertiary/aromatic N) is 1. The molecule has 0 amide bonds. The van der Waals surface area contributed by atoms with E-state index in [-0.39, 0.29) is 0 Å². The molecule has 20 heavy (non-hydrogen) atoms. The quantitative estimate of drug-likeness (QED) is 0.714. The molecule has 1 aliphatic rings. The van der Waals surface area contributed by atoms with Crippen molar-refractivity contribution in [3.8, 4) is 5.75 Å². The standard InChI is InChI=1S/C17H25NO2/c1-3-10-18(12-15-7-6-11-20-14-15)13-16-8-4-5-9-17(16)19-2/h3-5,8-9,15H,1,6-7,10-14H2,2H3. The van der Waals surface area contributed by atoms with Crippen molar-refractivity contribution < 1.29 is 9.47 Å². The first-order valence-corrected chi connectivity index (χ1v) is 7.36. The maximum absolute atomic E-state index is 5.58. The number of hydrogen-bond donors (Lipinski definition) is 0. The molecule has 1 aromatic rings. The summed E-state index contributed by atoms with van der Waals surface area (Å²) >= 11 is 0. The average Bonchev–Trinajstić information content (AvgIpc) is 2.49. The largest absolute Gasteiger partial charge is 0.496 e. The molecular weight excluding hydrogens is 250 g/mol. The van der Waals surface area contributed by atoms with Crippen molar-refractivity contribution in [2.45, 2.75) is 19.4 Å². The first-order chi connectivity index (χ1) is 9.83. The van der Waals surface area contributed by atoms with Crippen molar-refractivity contribution in [2.75, 3.05) is 33.4 Å². The zero-order valence-corrected chi connectivity index (χ0v) is 12.4. The summed E-state index contributed by atoms with van der Waals surface area (Å²) in [4.78, 5) is 2.42. The summed E-state index contributed by atoms with van der Waals surface area (Å²) in [7, 11) is 1.73. The number of ether oxygens (including phenoxy) is 2. The molecule has 0 saturated carbocycles. The minimum Gasteiger partial charge on any atom is -0.496 e. The van der Waals surface area contributed by atoms with Crippen molar-refractivity contribution in [3.63, 3.8) is 0 Å². The Morgan fingerprint density at radius 2 is 2.30 bits per heavy atom. The molecule has 1 heterocycles. The van der Waals surface area contributed by atoms with Gasteiger partial charge in [0.05, 0.1) is 13.7 Å². The summed E-state index contributed by atoms with van der Waals surface area (Å²) in [5.41, 5.74) is 1.23. The molecule has 0 spiro atoms.